The number of rotatable bonds is 2. The van der Waals surface area contributed by atoms with Crippen LogP contribution >= 0.6 is 12.2 Å². The number of hydrogen-bond donors (Lipinski definition) is 2. The molecule has 0 atom stereocenters. The van der Waals surface area contributed by atoms with E-state index in [-0.39, 0.29) is 5.11 Å². The Hall–Kier alpha value is -2.86. The summed E-state index contributed by atoms with van der Waals surface area (Å²) in [7, 11) is 0. The minimum absolute atomic E-state index is 0.150. The molecule has 0 radical (unpaired) electrons. The smallest absolute Gasteiger partial charge is 0.257 e. The van der Waals surface area contributed by atoms with Crippen molar-refractivity contribution in [2.24, 2.45) is 0 Å². The lowest BCUT2D eigenvalue weighted by Crippen LogP contribution is -2.34. The van der Waals surface area contributed by atoms with Crippen LogP contribution < -0.4 is 10.6 Å². The Bertz CT molecular complexity index is 875. The Balaban J connectivity index is 1.74. The van der Waals surface area contributed by atoms with E-state index in [1.807, 2.05) is 30.3 Å². The Morgan fingerprint density at radius 3 is 2.57 bits per heavy atom. The first kappa shape index (κ1) is 15.1. The van der Waals surface area contributed by atoms with Gasteiger partial charge in [-0.25, -0.2) is 4.39 Å². The molecule has 1 heterocycles. The van der Waals surface area contributed by atoms with Gasteiger partial charge in [-0.15, -0.1) is 0 Å². The molecule has 3 aromatic rings. The lowest BCUT2D eigenvalue weighted by atomic mass is 10.2. The first-order chi connectivity index (χ1) is 11.1. The van der Waals surface area contributed by atoms with Gasteiger partial charge in [0.15, 0.2) is 5.11 Å². The first-order valence-corrected chi connectivity index (χ1v) is 7.26. The summed E-state index contributed by atoms with van der Waals surface area (Å²) in [5.41, 5.74) is 1.78. The number of thiocarbonyl (C=S) groups is 1. The number of fused-ring (bicyclic) bond motifs is 1. The van der Waals surface area contributed by atoms with Crippen molar-refractivity contribution in [1.82, 2.24) is 10.3 Å². The van der Waals surface area contributed by atoms with E-state index in [1.165, 1.54) is 24.3 Å². The lowest BCUT2D eigenvalue weighted by Gasteiger charge is -2.11. The zero-order chi connectivity index (χ0) is 16.2. The van der Waals surface area contributed by atoms with Gasteiger partial charge in [0.25, 0.3) is 5.91 Å². The summed E-state index contributed by atoms with van der Waals surface area (Å²) >= 11 is 5.16. The maximum absolute atomic E-state index is 12.9. The van der Waals surface area contributed by atoms with Crippen LogP contribution in [0.25, 0.3) is 10.9 Å². The zero-order valence-corrected chi connectivity index (χ0v) is 12.7. The number of benzene rings is 2. The second-order valence-electron chi connectivity index (χ2n) is 4.80. The molecule has 0 unspecified atom stereocenters. The molecule has 23 heavy (non-hydrogen) atoms. The van der Waals surface area contributed by atoms with Gasteiger partial charge in [0, 0.05) is 17.1 Å². The van der Waals surface area contributed by atoms with E-state index in [2.05, 4.69) is 15.6 Å². The molecule has 6 heteroatoms. The molecule has 114 valence electrons. The Labute approximate surface area is 137 Å². The van der Waals surface area contributed by atoms with Crippen molar-refractivity contribution < 1.29 is 9.18 Å². The molecule has 0 aliphatic carbocycles. The first-order valence-electron chi connectivity index (χ1n) is 6.85. The van der Waals surface area contributed by atoms with Crippen molar-refractivity contribution in [2.45, 2.75) is 0 Å². The van der Waals surface area contributed by atoms with E-state index >= 15 is 0 Å². The van der Waals surface area contributed by atoms with Crippen LogP contribution in [0.4, 0.5) is 10.1 Å². The fourth-order valence-electron chi connectivity index (χ4n) is 2.14. The molecular weight excluding hydrogens is 313 g/mol. The van der Waals surface area contributed by atoms with Crippen LogP contribution in [-0.2, 0) is 0 Å². The van der Waals surface area contributed by atoms with Crippen LogP contribution in [0.2, 0.25) is 0 Å². The SMILES string of the molecule is O=C(NC(=S)Nc1cccc2cccnc12)c1ccc(F)cc1. The van der Waals surface area contributed by atoms with Gasteiger partial charge >= 0.3 is 0 Å². The number of carbonyl (C=O) groups excluding carboxylic acids is 1. The topological polar surface area (TPSA) is 54.0 Å². The number of anilines is 1. The van der Waals surface area contributed by atoms with Gasteiger partial charge < -0.3 is 5.32 Å². The number of carbonyl (C=O) groups is 1. The van der Waals surface area contributed by atoms with E-state index in [4.69, 9.17) is 12.2 Å². The molecule has 0 aliphatic rings. The molecule has 1 amide bonds. The number of hydrogen-bond acceptors (Lipinski definition) is 3. The normalized spacial score (nSPS) is 10.3. The van der Waals surface area contributed by atoms with Crippen LogP contribution in [0.1, 0.15) is 10.4 Å². The van der Waals surface area contributed by atoms with Gasteiger partial charge in [-0.1, -0.05) is 18.2 Å². The number of para-hydroxylation sites is 1. The van der Waals surface area contributed by atoms with Crippen LogP contribution in [0.5, 0.6) is 0 Å². The highest BCUT2D eigenvalue weighted by Crippen LogP contribution is 2.20. The van der Waals surface area contributed by atoms with Crippen molar-refractivity contribution in [3.8, 4) is 0 Å². The molecule has 0 bridgehead atoms. The van der Waals surface area contributed by atoms with Crippen molar-refractivity contribution in [3.63, 3.8) is 0 Å². The monoisotopic (exact) mass is 325 g/mol. The van der Waals surface area contributed by atoms with Gasteiger partial charge in [-0.3, -0.25) is 15.1 Å². The van der Waals surface area contributed by atoms with Gasteiger partial charge in [0.05, 0.1) is 11.2 Å². The third-order valence-electron chi connectivity index (χ3n) is 3.21. The summed E-state index contributed by atoms with van der Waals surface area (Å²) < 4.78 is 12.9. The molecule has 0 saturated carbocycles. The molecule has 0 spiro atoms. The molecule has 0 aliphatic heterocycles. The maximum Gasteiger partial charge on any atom is 0.257 e. The van der Waals surface area contributed by atoms with Gasteiger partial charge in [-0.2, -0.15) is 0 Å². The summed E-state index contributed by atoms with van der Waals surface area (Å²) in [5, 5.41) is 6.63. The number of aromatic nitrogens is 1. The van der Waals surface area contributed by atoms with Crippen LogP contribution in [0, 0.1) is 5.82 Å². The highest BCUT2D eigenvalue weighted by Gasteiger charge is 2.09. The number of nitrogens with zero attached hydrogens (tertiary/aromatic N) is 1. The summed E-state index contributed by atoms with van der Waals surface area (Å²) in [6.07, 6.45) is 1.69. The van der Waals surface area contributed by atoms with Crippen LogP contribution in [0.3, 0.4) is 0 Å². The number of amides is 1. The third-order valence-corrected chi connectivity index (χ3v) is 3.42. The largest absolute Gasteiger partial charge is 0.331 e. The van der Waals surface area contributed by atoms with Crippen molar-refractivity contribution in [2.75, 3.05) is 5.32 Å². The van der Waals surface area contributed by atoms with Gasteiger partial charge in [0.2, 0.25) is 0 Å². The molecule has 3 rings (SSSR count). The van der Waals surface area contributed by atoms with E-state index in [0.717, 1.165) is 10.9 Å². The molecule has 1 aromatic heterocycles. The summed E-state index contributed by atoms with van der Waals surface area (Å²) in [4.78, 5) is 16.3. The minimum atomic E-state index is -0.407. The van der Waals surface area contributed by atoms with Gasteiger partial charge in [-0.05, 0) is 48.6 Å². The zero-order valence-electron chi connectivity index (χ0n) is 11.9. The number of nitrogens with one attached hydrogen (secondary N) is 2. The lowest BCUT2D eigenvalue weighted by molar-refractivity contribution is 0.0977. The Morgan fingerprint density at radius 1 is 1.04 bits per heavy atom. The summed E-state index contributed by atoms with van der Waals surface area (Å²) in [5.74, 6) is -0.806. The molecular formula is C17H12FN3OS. The predicted molar refractivity (Wildman–Crippen MR) is 91.8 cm³/mol. The summed E-state index contributed by atoms with van der Waals surface area (Å²) in [6, 6.07) is 14.7. The van der Waals surface area contributed by atoms with Crippen molar-refractivity contribution >= 4 is 39.8 Å². The standard InChI is InChI=1S/C17H12FN3OS/c18-13-8-6-12(7-9-13)16(22)21-17(23)20-14-5-1-3-11-4-2-10-19-15(11)14/h1-10H,(H2,20,21,22,23). The molecule has 0 saturated heterocycles. The van der Waals surface area contributed by atoms with E-state index in [1.54, 1.807) is 6.20 Å². The predicted octanol–water partition coefficient (Wildman–Crippen LogP) is 3.50. The highest BCUT2D eigenvalue weighted by atomic mass is 32.1. The fraction of sp³-hybridized carbons (Fsp3) is 0. The molecule has 2 aromatic carbocycles. The third kappa shape index (κ3) is 3.49. The summed E-state index contributed by atoms with van der Waals surface area (Å²) in [6.45, 7) is 0. The molecule has 4 nitrogen and oxygen atoms in total. The van der Waals surface area contributed by atoms with E-state index in [9.17, 15) is 9.18 Å². The number of halogens is 1. The average Bonchev–Trinajstić information content (AvgIpc) is 2.55. The molecule has 2 N–H and O–H groups in total. The minimum Gasteiger partial charge on any atom is -0.331 e. The van der Waals surface area contributed by atoms with E-state index < -0.39 is 11.7 Å². The fourth-order valence-corrected chi connectivity index (χ4v) is 2.34. The quantitative estimate of drug-likeness (QED) is 0.708. The second kappa shape index (κ2) is 6.50. The molecule has 0 fully saturated rings. The average molecular weight is 325 g/mol. The van der Waals surface area contributed by atoms with Crippen LogP contribution in [-0.4, -0.2) is 16.0 Å². The number of pyridine rings is 1. The van der Waals surface area contributed by atoms with Crippen molar-refractivity contribution in [1.29, 1.82) is 0 Å². The van der Waals surface area contributed by atoms with Crippen molar-refractivity contribution in [3.05, 3.63) is 72.2 Å². The highest BCUT2D eigenvalue weighted by molar-refractivity contribution is 7.80. The maximum atomic E-state index is 12.9. The van der Waals surface area contributed by atoms with Crippen LogP contribution in [0.15, 0.2) is 60.8 Å². The second-order valence-corrected chi connectivity index (χ2v) is 5.20. The Morgan fingerprint density at radius 2 is 1.78 bits per heavy atom. The van der Waals surface area contributed by atoms with E-state index in [0.29, 0.717) is 11.3 Å². The Kier molecular flexibility index (Phi) is 4.25. The van der Waals surface area contributed by atoms with Gasteiger partial charge in [0.1, 0.15) is 5.82 Å².